The Bertz CT molecular complexity index is 903. The molecule has 0 saturated carbocycles. The fraction of sp³-hybridized carbons (Fsp3) is 0.500. The number of aryl methyl sites for hydroxylation is 1. The van der Waals surface area contributed by atoms with Crippen LogP contribution >= 0.6 is 0 Å². The highest BCUT2D eigenvalue weighted by Gasteiger charge is 2.38. The van der Waals surface area contributed by atoms with E-state index >= 15 is 0 Å². The third-order valence-electron chi connectivity index (χ3n) is 6.22. The molecule has 5 nitrogen and oxygen atoms in total. The fourth-order valence-electron chi connectivity index (χ4n) is 4.20. The summed E-state index contributed by atoms with van der Waals surface area (Å²) in [4.78, 5) is 12.3. The van der Waals surface area contributed by atoms with E-state index in [1.54, 1.807) is 13.8 Å². The van der Waals surface area contributed by atoms with Crippen LogP contribution in [0, 0.1) is 6.92 Å². The Kier molecular flexibility index (Phi) is 7.70. The fourth-order valence-corrected chi connectivity index (χ4v) is 4.20. The molecule has 1 heterocycles. The average Bonchev–Trinajstić information content (AvgIpc) is 2.78. The van der Waals surface area contributed by atoms with Crippen LogP contribution in [0.25, 0.3) is 0 Å². The second kappa shape index (κ2) is 10.1. The van der Waals surface area contributed by atoms with Crippen molar-refractivity contribution < 1.29 is 13.9 Å². The quantitative estimate of drug-likeness (QED) is 0.578. The lowest BCUT2D eigenvalue weighted by atomic mass is 9.81. The molecule has 4 N–H and O–H groups in total. The SMILES string of the molecule is Cc1cc(CF)cc([C@@H](C)OC[C@@]2(c3ccccc3)CC[C@H](NC(=O)C(C)(C)N)CN2)c1. The molecular formula is C26H36FN3O2. The first kappa shape index (κ1) is 24.4. The van der Waals surface area contributed by atoms with E-state index in [1.807, 2.05) is 50.2 Å². The molecule has 2 aromatic rings. The van der Waals surface area contributed by atoms with Gasteiger partial charge in [-0.05, 0) is 57.2 Å². The van der Waals surface area contributed by atoms with Crippen molar-refractivity contribution in [3.05, 3.63) is 70.8 Å². The highest BCUT2D eigenvalue weighted by molar-refractivity contribution is 5.85. The van der Waals surface area contributed by atoms with Crippen molar-refractivity contribution in [1.29, 1.82) is 0 Å². The van der Waals surface area contributed by atoms with Gasteiger partial charge in [-0.15, -0.1) is 0 Å². The highest BCUT2D eigenvalue weighted by Crippen LogP contribution is 2.33. The van der Waals surface area contributed by atoms with Crippen LogP contribution in [0.3, 0.4) is 0 Å². The van der Waals surface area contributed by atoms with Gasteiger partial charge in [0.05, 0.1) is 23.8 Å². The number of carbonyl (C=O) groups excluding carboxylic acids is 1. The van der Waals surface area contributed by atoms with Gasteiger partial charge in [-0.2, -0.15) is 0 Å². The number of nitrogens with one attached hydrogen (secondary N) is 2. The number of halogens is 1. The third kappa shape index (κ3) is 5.94. The maximum Gasteiger partial charge on any atom is 0.239 e. The minimum atomic E-state index is -0.904. The molecule has 6 heteroatoms. The Morgan fingerprint density at radius 3 is 2.62 bits per heavy atom. The number of rotatable bonds is 8. The number of alkyl halides is 1. The van der Waals surface area contributed by atoms with Gasteiger partial charge >= 0.3 is 0 Å². The first-order chi connectivity index (χ1) is 15.1. The van der Waals surface area contributed by atoms with Crippen LogP contribution < -0.4 is 16.4 Å². The van der Waals surface area contributed by atoms with Crippen molar-refractivity contribution in [3.63, 3.8) is 0 Å². The van der Waals surface area contributed by atoms with Gasteiger partial charge in [0.25, 0.3) is 0 Å². The lowest BCUT2D eigenvalue weighted by molar-refractivity contribution is -0.126. The monoisotopic (exact) mass is 441 g/mol. The van der Waals surface area contributed by atoms with E-state index in [-0.39, 0.29) is 23.6 Å². The number of benzene rings is 2. The van der Waals surface area contributed by atoms with Gasteiger partial charge in [0.1, 0.15) is 6.67 Å². The number of amides is 1. The summed E-state index contributed by atoms with van der Waals surface area (Å²) >= 11 is 0. The Morgan fingerprint density at radius 2 is 2.03 bits per heavy atom. The molecule has 0 radical (unpaired) electrons. The maximum absolute atomic E-state index is 13.2. The molecule has 0 spiro atoms. The van der Waals surface area contributed by atoms with E-state index in [4.69, 9.17) is 10.5 Å². The van der Waals surface area contributed by atoms with Gasteiger partial charge in [0.2, 0.25) is 5.91 Å². The van der Waals surface area contributed by atoms with Crippen LogP contribution in [0.15, 0.2) is 48.5 Å². The summed E-state index contributed by atoms with van der Waals surface area (Å²) in [5.74, 6) is -0.149. The zero-order valence-corrected chi connectivity index (χ0v) is 19.6. The van der Waals surface area contributed by atoms with Gasteiger partial charge in [0.15, 0.2) is 0 Å². The molecule has 1 aliphatic heterocycles. The Balaban J connectivity index is 1.72. The lowest BCUT2D eigenvalue weighted by Crippen LogP contribution is -2.60. The summed E-state index contributed by atoms with van der Waals surface area (Å²) in [5, 5.41) is 6.71. The first-order valence-corrected chi connectivity index (χ1v) is 11.3. The number of carbonyl (C=O) groups is 1. The van der Waals surface area contributed by atoms with E-state index in [0.29, 0.717) is 18.7 Å². The summed E-state index contributed by atoms with van der Waals surface area (Å²) in [6.07, 6.45) is 1.46. The molecule has 1 amide bonds. The summed E-state index contributed by atoms with van der Waals surface area (Å²) < 4.78 is 19.6. The molecule has 0 aliphatic carbocycles. The van der Waals surface area contributed by atoms with Crippen molar-refractivity contribution >= 4 is 5.91 Å². The summed E-state index contributed by atoms with van der Waals surface area (Å²) in [5.41, 5.74) is 8.50. The second-order valence-electron chi connectivity index (χ2n) is 9.60. The number of hydrogen-bond acceptors (Lipinski definition) is 4. The molecule has 3 rings (SSSR count). The molecule has 1 saturated heterocycles. The summed E-state index contributed by atoms with van der Waals surface area (Å²) in [6.45, 7) is 8.02. The number of ether oxygens (including phenoxy) is 1. The summed E-state index contributed by atoms with van der Waals surface area (Å²) in [6, 6.07) is 16.1. The van der Waals surface area contributed by atoms with Crippen LogP contribution in [0.4, 0.5) is 4.39 Å². The van der Waals surface area contributed by atoms with E-state index in [9.17, 15) is 9.18 Å². The Labute approximate surface area is 190 Å². The average molecular weight is 442 g/mol. The predicted molar refractivity (Wildman–Crippen MR) is 126 cm³/mol. The molecule has 0 bridgehead atoms. The standard InChI is InChI=1S/C26H36FN3O2/c1-18-12-20(15-27)14-21(13-18)19(2)32-17-26(22-8-6-5-7-9-22)11-10-23(16-29-26)30-24(31)25(3,4)28/h5-9,12-14,19,23,29H,10-11,15-17,28H2,1-4H3,(H,30,31)/t19-,23+,26-/m1/s1. The van der Waals surface area contributed by atoms with E-state index in [1.165, 1.54) is 0 Å². The van der Waals surface area contributed by atoms with Crippen molar-refractivity contribution in [2.24, 2.45) is 5.73 Å². The highest BCUT2D eigenvalue weighted by atomic mass is 19.1. The van der Waals surface area contributed by atoms with Crippen LogP contribution in [-0.4, -0.2) is 30.6 Å². The van der Waals surface area contributed by atoms with Crippen molar-refractivity contribution in [3.8, 4) is 0 Å². The van der Waals surface area contributed by atoms with Crippen LogP contribution in [0.2, 0.25) is 0 Å². The molecule has 0 aromatic heterocycles. The molecule has 1 aliphatic rings. The zero-order chi connectivity index (χ0) is 23.4. The van der Waals surface area contributed by atoms with Crippen LogP contribution in [-0.2, 0) is 21.7 Å². The molecule has 2 aromatic carbocycles. The Hall–Kier alpha value is -2.28. The smallest absolute Gasteiger partial charge is 0.239 e. The van der Waals surface area contributed by atoms with Gasteiger partial charge in [-0.25, -0.2) is 4.39 Å². The first-order valence-electron chi connectivity index (χ1n) is 11.3. The van der Waals surface area contributed by atoms with Gasteiger partial charge in [-0.3, -0.25) is 4.79 Å². The minimum absolute atomic E-state index is 0.0171. The molecular weight excluding hydrogens is 405 g/mol. The molecule has 3 atom stereocenters. The lowest BCUT2D eigenvalue weighted by Gasteiger charge is -2.42. The Morgan fingerprint density at radius 1 is 1.31 bits per heavy atom. The van der Waals surface area contributed by atoms with Crippen LogP contribution in [0.5, 0.6) is 0 Å². The number of piperidine rings is 1. The van der Waals surface area contributed by atoms with Crippen LogP contribution in [0.1, 0.15) is 62.0 Å². The summed E-state index contributed by atoms with van der Waals surface area (Å²) in [7, 11) is 0. The van der Waals surface area contributed by atoms with Gasteiger partial charge in [-0.1, -0.05) is 54.1 Å². The topological polar surface area (TPSA) is 76.4 Å². The van der Waals surface area contributed by atoms with E-state index in [0.717, 1.165) is 29.5 Å². The van der Waals surface area contributed by atoms with Crippen molar-refractivity contribution in [2.45, 2.75) is 70.4 Å². The maximum atomic E-state index is 13.2. The predicted octanol–water partition coefficient (Wildman–Crippen LogP) is 4.04. The van der Waals surface area contributed by atoms with E-state index < -0.39 is 12.2 Å². The van der Waals surface area contributed by atoms with Crippen molar-refractivity contribution in [2.75, 3.05) is 13.2 Å². The molecule has 174 valence electrons. The van der Waals surface area contributed by atoms with Gasteiger partial charge in [0, 0.05) is 12.6 Å². The van der Waals surface area contributed by atoms with Gasteiger partial charge < -0.3 is 21.1 Å². The van der Waals surface area contributed by atoms with E-state index in [2.05, 4.69) is 22.8 Å². The third-order valence-corrected chi connectivity index (χ3v) is 6.22. The van der Waals surface area contributed by atoms with Crippen molar-refractivity contribution in [1.82, 2.24) is 10.6 Å². The number of nitrogens with two attached hydrogens (primary N) is 1. The minimum Gasteiger partial charge on any atom is -0.372 e. The largest absolute Gasteiger partial charge is 0.372 e. The normalized spacial score (nSPS) is 22.4. The molecule has 32 heavy (non-hydrogen) atoms. The molecule has 1 fully saturated rings. The molecule has 0 unspecified atom stereocenters. The number of hydrogen-bond donors (Lipinski definition) is 3. The second-order valence-corrected chi connectivity index (χ2v) is 9.60. The zero-order valence-electron chi connectivity index (χ0n) is 19.6.